The number of nitrogens with zero attached hydrogens (tertiary/aromatic N) is 5. The quantitative estimate of drug-likeness (QED) is 0.437. The van der Waals surface area contributed by atoms with E-state index in [-0.39, 0.29) is 18.5 Å². The molecule has 0 N–H and O–H groups in total. The van der Waals surface area contributed by atoms with E-state index in [9.17, 15) is 9.59 Å². The molecule has 0 saturated heterocycles. The highest BCUT2D eigenvalue weighted by molar-refractivity contribution is 6.25. The van der Waals surface area contributed by atoms with E-state index < -0.39 is 0 Å². The highest BCUT2D eigenvalue weighted by atomic mass is 16.2. The molecule has 0 atom stereocenters. The SMILES string of the molecule is CCN(CC)CN1C(=O)c2cccc3cc(-n4cc(-c5ccccc5)nn4)cc(c23)C1=O. The van der Waals surface area contributed by atoms with Gasteiger partial charge in [0.1, 0.15) is 5.69 Å². The van der Waals surface area contributed by atoms with Gasteiger partial charge in [-0.25, -0.2) is 4.68 Å². The first-order valence-electron chi connectivity index (χ1n) is 10.7. The van der Waals surface area contributed by atoms with Crippen LogP contribution in [0.15, 0.2) is 66.9 Å². The summed E-state index contributed by atoms with van der Waals surface area (Å²) < 4.78 is 1.67. The zero-order valence-corrected chi connectivity index (χ0v) is 18.0. The van der Waals surface area contributed by atoms with E-state index in [4.69, 9.17) is 0 Å². The van der Waals surface area contributed by atoms with Crippen molar-refractivity contribution in [3.8, 4) is 16.9 Å². The fraction of sp³-hybridized carbons (Fsp3) is 0.200. The van der Waals surface area contributed by atoms with Crippen LogP contribution < -0.4 is 0 Å². The van der Waals surface area contributed by atoms with Gasteiger partial charge in [0.2, 0.25) is 0 Å². The predicted molar refractivity (Wildman–Crippen MR) is 123 cm³/mol. The lowest BCUT2D eigenvalue weighted by atomic mass is 9.93. The summed E-state index contributed by atoms with van der Waals surface area (Å²) in [6.45, 7) is 5.82. The lowest BCUT2D eigenvalue weighted by Gasteiger charge is -2.31. The number of carbonyl (C=O) groups is 2. The highest BCUT2D eigenvalue weighted by Crippen LogP contribution is 2.32. The summed E-state index contributed by atoms with van der Waals surface area (Å²) in [5, 5.41) is 10.1. The molecule has 3 aromatic carbocycles. The Kier molecular flexibility index (Phi) is 5.03. The number of aromatic nitrogens is 3. The summed E-state index contributed by atoms with van der Waals surface area (Å²) in [6.07, 6.45) is 1.85. The normalized spacial score (nSPS) is 13.4. The maximum absolute atomic E-state index is 13.4. The predicted octanol–water partition coefficient (Wildman–Crippen LogP) is 3.98. The monoisotopic (exact) mass is 425 g/mol. The van der Waals surface area contributed by atoms with Crippen molar-refractivity contribution in [2.75, 3.05) is 19.8 Å². The fourth-order valence-corrected chi connectivity index (χ4v) is 4.16. The number of imide groups is 1. The average molecular weight is 425 g/mol. The standard InChI is InChI=1S/C25H23N5O2/c1-3-28(4-2)16-29-24(31)20-12-8-11-18-13-19(14-21(23(18)20)25(29)32)30-15-22(26-27-30)17-9-6-5-7-10-17/h5-15H,3-4,16H2,1-2H3. The molecule has 1 aliphatic heterocycles. The van der Waals surface area contributed by atoms with Crippen molar-refractivity contribution >= 4 is 22.6 Å². The van der Waals surface area contributed by atoms with E-state index in [0.29, 0.717) is 16.5 Å². The fourth-order valence-electron chi connectivity index (χ4n) is 4.16. The van der Waals surface area contributed by atoms with Gasteiger partial charge in [-0.3, -0.25) is 19.4 Å². The minimum Gasteiger partial charge on any atom is -0.286 e. The summed E-state index contributed by atoms with van der Waals surface area (Å²) in [4.78, 5) is 30.0. The molecule has 0 saturated carbocycles. The molecular weight excluding hydrogens is 402 g/mol. The van der Waals surface area contributed by atoms with E-state index in [1.54, 1.807) is 16.8 Å². The molecule has 160 valence electrons. The zero-order chi connectivity index (χ0) is 22.2. The number of carbonyl (C=O) groups excluding carboxylic acids is 2. The molecule has 2 heterocycles. The topological polar surface area (TPSA) is 71.3 Å². The number of amides is 2. The van der Waals surface area contributed by atoms with Gasteiger partial charge < -0.3 is 0 Å². The third-order valence-corrected chi connectivity index (χ3v) is 5.98. The Morgan fingerprint density at radius 3 is 2.38 bits per heavy atom. The number of hydrogen-bond acceptors (Lipinski definition) is 5. The maximum Gasteiger partial charge on any atom is 0.262 e. The second-order valence-electron chi connectivity index (χ2n) is 7.79. The molecule has 7 nitrogen and oxygen atoms in total. The van der Waals surface area contributed by atoms with Crippen molar-refractivity contribution in [3.05, 3.63) is 78.0 Å². The second-order valence-corrected chi connectivity index (χ2v) is 7.79. The Morgan fingerprint density at radius 2 is 1.62 bits per heavy atom. The van der Waals surface area contributed by atoms with Crippen LogP contribution in [-0.4, -0.2) is 56.4 Å². The highest BCUT2D eigenvalue weighted by Gasteiger charge is 2.34. The van der Waals surface area contributed by atoms with Crippen LogP contribution in [0.1, 0.15) is 34.6 Å². The van der Waals surface area contributed by atoms with Crippen molar-refractivity contribution in [1.29, 1.82) is 0 Å². The summed E-state index contributed by atoms with van der Waals surface area (Å²) in [5.74, 6) is -0.532. The van der Waals surface area contributed by atoms with Crippen LogP contribution >= 0.6 is 0 Å². The molecule has 7 heteroatoms. The Morgan fingerprint density at radius 1 is 0.875 bits per heavy atom. The van der Waals surface area contributed by atoms with E-state index >= 15 is 0 Å². The lowest BCUT2D eigenvalue weighted by Crippen LogP contribution is -2.47. The van der Waals surface area contributed by atoms with Gasteiger partial charge in [-0.2, -0.15) is 0 Å². The Bertz CT molecular complexity index is 1320. The molecule has 0 aliphatic carbocycles. The van der Waals surface area contributed by atoms with Gasteiger partial charge in [-0.15, -0.1) is 5.10 Å². The smallest absolute Gasteiger partial charge is 0.262 e. The van der Waals surface area contributed by atoms with Crippen LogP contribution in [0.25, 0.3) is 27.7 Å². The minimum absolute atomic E-state index is 0.250. The maximum atomic E-state index is 13.4. The van der Waals surface area contributed by atoms with Gasteiger partial charge in [0.15, 0.2) is 0 Å². The first kappa shape index (κ1) is 20.1. The van der Waals surface area contributed by atoms with Crippen LogP contribution in [0, 0.1) is 0 Å². The summed E-state index contributed by atoms with van der Waals surface area (Å²) >= 11 is 0. The van der Waals surface area contributed by atoms with E-state index in [0.717, 1.165) is 35.4 Å². The molecule has 0 spiro atoms. The zero-order valence-electron chi connectivity index (χ0n) is 18.0. The van der Waals surface area contributed by atoms with Crippen LogP contribution in [0.2, 0.25) is 0 Å². The van der Waals surface area contributed by atoms with Crippen LogP contribution in [-0.2, 0) is 0 Å². The Labute approximate surface area is 185 Å². The number of benzene rings is 3. The summed E-state index contributed by atoms with van der Waals surface area (Å²) in [7, 11) is 0. The van der Waals surface area contributed by atoms with Gasteiger partial charge in [-0.1, -0.05) is 61.5 Å². The first-order valence-corrected chi connectivity index (χ1v) is 10.7. The van der Waals surface area contributed by atoms with E-state index in [1.165, 1.54) is 4.90 Å². The molecule has 5 rings (SSSR count). The van der Waals surface area contributed by atoms with E-state index in [1.807, 2.05) is 73.5 Å². The lowest BCUT2D eigenvalue weighted by molar-refractivity contribution is 0.0507. The molecule has 0 unspecified atom stereocenters. The molecular formula is C25H23N5O2. The van der Waals surface area contributed by atoms with Crippen LogP contribution in [0.5, 0.6) is 0 Å². The third-order valence-electron chi connectivity index (χ3n) is 5.98. The van der Waals surface area contributed by atoms with Crippen molar-refractivity contribution in [2.24, 2.45) is 0 Å². The van der Waals surface area contributed by atoms with Crippen molar-refractivity contribution in [1.82, 2.24) is 24.8 Å². The van der Waals surface area contributed by atoms with Crippen LogP contribution in [0.3, 0.4) is 0 Å². The Balaban J connectivity index is 1.61. The summed E-state index contributed by atoms with van der Waals surface area (Å²) in [6, 6.07) is 19.1. The van der Waals surface area contributed by atoms with Crippen molar-refractivity contribution < 1.29 is 9.59 Å². The molecule has 1 aliphatic rings. The second kappa shape index (κ2) is 8.01. The molecule has 2 amide bonds. The molecule has 32 heavy (non-hydrogen) atoms. The molecule has 1 aromatic heterocycles. The largest absolute Gasteiger partial charge is 0.286 e. The van der Waals surface area contributed by atoms with Gasteiger partial charge in [0.05, 0.1) is 24.1 Å². The van der Waals surface area contributed by atoms with Crippen molar-refractivity contribution in [2.45, 2.75) is 13.8 Å². The van der Waals surface area contributed by atoms with Gasteiger partial charge in [0.25, 0.3) is 11.8 Å². The molecule has 0 radical (unpaired) electrons. The van der Waals surface area contributed by atoms with Crippen LogP contribution in [0.4, 0.5) is 0 Å². The van der Waals surface area contributed by atoms with Gasteiger partial charge in [0, 0.05) is 16.5 Å². The average Bonchev–Trinajstić information content (AvgIpc) is 3.33. The number of hydrogen-bond donors (Lipinski definition) is 0. The van der Waals surface area contributed by atoms with Crippen molar-refractivity contribution in [3.63, 3.8) is 0 Å². The molecule has 0 fully saturated rings. The Hall–Kier alpha value is -3.84. The van der Waals surface area contributed by atoms with Gasteiger partial charge >= 0.3 is 0 Å². The minimum atomic E-state index is -0.282. The number of rotatable bonds is 6. The first-order chi connectivity index (χ1) is 15.6. The van der Waals surface area contributed by atoms with E-state index in [2.05, 4.69) is 10.3 Å². The third kappa shape index (κ3) is 3.27. The molecule has 4 aromatic rings. The summed E-state index contributed by atoms with van der Waals surface area (Å²) in [5.41, 5.74) is 3.51. The van der Waals surface area contributed by atoms with Gasteiger partial charge in [-0.05, 0) is 36.7 Å². The molecule has 0 bridgehead atoms.